The summed E-state index contributed by atoms with van der Waals surface area (Å²) in [7, 11) is -7.91. The van der Waals surface area contributed by atoms with Gasteiger partial charge in [0.2, 0.25) is 5.91 Å². The SMILES string of the molecule is N#Cc1ccc(CCCS(=O)(=O)CC[C@@H]2C(=O)Nc3ccccc3N2S(=O)(=O)c2ccc(Cl)c(Cl)c2)cc1. The van der Waals surface area contributed by atoms with Crippen molar-refractivity contribution in [2.75, 3.05) is 21.1 Å². The molecule has 8 nitrogen and oxygen atoms in total. The van der Waals surface area contributed by atoms with Crippen LogP contribution in [0.1, 0.15) is 24.0 Å². The first-order chi connectivity index (χ1) is 18.0. The number of sulfonamides is 1. The number of benzene rings is 3. The van der Waals surface area contributed by atoms with Crippen molar-refractivity contribution >= 4 is 60.3 Å². The largest absolute Gasteiger partial charge is 0.322 e. The lowest BCUT2D eigenvalue weighted by atomic mass is 10.1. The molecule has 0 radical (unpaired) electrons. The molecule has 1 amide bonds. The Bertz CT molecular complexity index is 1620. The molecule has 1 aliphatic heterocycles. The second-order valence-corrected chi connectivity index (χ2v) is 13.7. The van der Waals surface area contributed by atoms with E-state index in [0.717, 1.165) is 9.87 Å². The van der Waals surface area contributed by atoms with Crippen LogP contribution >= 0.6 is 23.2 Å². The summed E-state index contributed by atoms with van der Waals surface area (Å²) >= 11 is 12.0. The Morgan fingerprint density at radius 1 is 0.921 bits per heavy atom. The molecule has 4 rings (SSSR count). The molecule has 1 heterocycles. The maximum Gasteiger partial charge on any atom is 0.265 e. The second kappa shape index (κ2) is 11.3. The van der Waals surface area contributed by atoms with Crippen LogP contribution < -0.4 is 9.62 Å². The number of nitrogens with one attached hydrogen (secondary N) is 1. The Kier molecular flexibility index (Phi) is 8.33. The number of aryl methyl sites for hydroxylation is 1. The highest BCUT2D eigenvalue weighted by molar-refractivity contribution is 7.93. The lowest BCUT2D eigenvalue weighted by molar-refractivity contribution is -0.117. The van der Waals surface area contributed by atoms with Crippen molar-refractivity contribution in [3.8, 4) is 6.07 Å². The topological polar surface area (TPSA) is 124 Å². The molecule has 3 aromatic carbocycles. The number of carbonyl (C=O) groups excluding carboxylic acids is 1. The number of nitriles is 1. The van der Waals surface area contributed by atoms with Gasteiger partial charge in [-0.15, -0.1) is 0 Å². The Morgan fingerprint density at radius 3 is 2.32 bits per heavy atom. The lowest BCUT2D eigenvalue weighted by Gasteiger charge is -2.37. The summed E-state index contributed by atoms with van der Waals surface area (Å²) in [5.41, 5.74) is 1.94. The zero-order valence-electron chi connectivity index (χ0n) is 20.0. The van der Waals surface area contributed by atoms with E-state index in [9.17, 15) is 21.6 Å². The molecular formula is C26H23Cl2N3O5S2. The van der Waals surface area contributed by atoms with Crippen LogP contribution in [0.15, 0.2) is 71.6 Å². The quantitative estimate of drug-likeness (QED) is 0.380. The molecule has 0 saturated carbocycles. The van der Waals surface area contributed by atoms with Gasteiger partial charge in [-0.3, -0.25) is 9.10 Å². The molecule has 0 bridgehead atoms. The fourth-order valence-electron chi connectivity index (χ4n) is 4.19. The number of halogens is 2. The van der Waals surface area contributed by atoms with Gasteiger partial charge in [-0.05, 0) is 67.3 Å². The van der Waals surface area contributed by atoms with Crippen molar-refractivity contribution in [3.05, 3.63) is 87.9 Å². The van der Waals surface area contributed by atoms with E-state index < -0.39 is 31.8 Å². The van der Waals surface area contributed by atoms with Crippen molar-refractivity contribution in [2.24, 2.45) is 0 Å². The van der Waals surface area contributed by atoms with Crippen LogP contribution in [0.3, 0.4) is 0 Å². The molecule has 3 aromatic rings. The predicted octanol–water partition coefficient (Wildman–Crippen LogP) is 4.82. The van der Waals surface area contributed by atoms with Crippen molar-refractivity contribution in [3.63, 3.8) is 0 Å². The number of nitrogens with zero attached hydrogens (tertiary/aromatic N) is 2. The second-order valence-electron chi connectivity index (χ2n) is 8.75. The minimum absolute atomic E-state index is 0.0314. The van der Waals surface area contributed by atoms with Crippen molar-refractivity contribution in [1.29, 1.82) is 5.26 Å². The van der Waals surface area contributed by atoms with E-state index >= 15 is 0 Å². The fraction of sp³-hybridized carbons (Fsp3) is 0.231. The number of hydrogen-bond donors (Lipinski definition) is 1. The van der Waals surface area contributed by atoms with Gasteiger partial charge in [0.1, 0.15) is 15.9 Å². The van der Waals surface area contributed by atoms with Gasteiger partial charge in [-0.2, -0.15) is 5.26 Å². The summed E-state index contributed by atoms with van der Waals surface area (Å²) in [4.78, 5) is 12.9. The third-order valence-corrected chi connectivity index (χ3v) is 10.5. The van der Waals surface area contributed by atoms with Crippen LogP contribution in [0.2, 0.25) is 10.0 Å². The van der Waals surface area contributed by atoms with Crippen molar-refractivity contribution < 1.29 is 21.6 Å². The van der Waals surface area contributed by atoms with E-state index in [1.165, 1.54) is 18.2 Å². The Morgan fingerprint density at radius 2 is 1.63 bits per heavy atom. The first kappa shape index (κ1) is 27.9. The molecule has 1 atom stereocenters. The summed E-state index contributed by atoms with van der Waals surface area (Å²) in [6.45, 7) is 0. The summed E-state index contributed by atoms with van der Waals surface area (Å²) in [6.07, 6.45) is 0.610. The average molecular weight is 593 g/mol. The third kappa shape index (κ3) is 6.13. The maximum absolute atomic E-state index is 13.7. The van der Waals surface area contributed by atoms with Gasteiger partial charge in [-0.1, -0.05) is 47.5 Å². The van der Waals surface area contributed by atoms with E-state index in [0.29, 0.717) is 24.1 Å². The van der Waals surface area contributed by atoms with Gasteiger partial charge in [0.15, 0.2) is 0 Å². The number of fused-ring (bicyclic) bond motifs is 1. The maximum atomic E-state index is 13.7. The van der Waals surface area contributed by atoms with E-state index in [4.69, 9.17) is 28.5 Å². The average Bonchev–Trinajstić information content (AvgIpc) is 2.89. The van der Waals surface area contributed by atoms with Gasteiger partial charge >= 0.3 is 0 Å². The van der Waals surface area contributed by atoms with Crippen LogP contribution in [0, 0.1) is 11.3 Å². The van der Waals surface area contributed by atoms with Crippen LogP contribution in [0.25, 0.3) is 0 Å². The lowest BCUT2D eigenvalue weighted by Crippen LogP contribution is -2.51. The highest BCUT2D eigenvalue weighted by atomic mass is 35.5. The van der Waals surface area contributed by atoms with Crippen LogP contribution in [-0.4, -0.2) is 40.3 Å². The number of carbonyl (C=O) groups is 1. The number of sulfone groups is 1. The van der Waals surface area contributed by atoms with E-state index in [1.807, 2.05) is 6.07 Å². The molecule has 0 spiro atoms. The summed E-state index contributed by atoms with van der Waals surface area (Å²) in [5.74, 6) is -1.13. The summed E-state index contributed by atoms with van der Waals surface area (Å²) in [6, 6.07) is 17.9. The molecule has 0 saturated heterocycles. The normalized spacial score (nSPS) is 15.4. The summed E-state index contributed by atoms with van der Waals surface area (Å²) in [5, 5.41) is 11.8. The van der Waals surface area contributed by atoms with Gasteiger partial charge in [0, 0.05) is 0 Å². The molecular weight excluding hydrogens is 569 g/mol. The number of para-hydroxylation sites is 2. The van der Waals surface area contributed by atoms with Gasteiger partial charge < -0.3 is 5.32 Å². The minimum atomic E-state index is -4.31. The zero-order chi connectivity index (χ0) is 27.5. The summed E-state index contributed by atoms with van der Waals surface area (Å²) < 4.78 is 54.2. The molecule has 0 aliphatic carbocycles. The zero-order valence-corrected chi connectivity index (χ0v) is 23.1. The molecule has 12 heteroatoms. The van der Waals surface area contributed by atoms with Gasteiger partial charge in [-0.25, -0.2) is 16.8 Å². The monoisotopic (exact) mass is 591 g/mol. The Balaban J connectivity index is 1.54. The van der Waals surface area contributed by atoms with E-state index in [1.54, 1.807) is 48.5 Å². The highest BCUT2D eigenvalue weighted by Crippen LogP contribution is 2.38. The first-order valence-corrected chi connectivity index (χ1v) is 15.6. The van der Waals surface area contributed by atoms with Crippen molar-refractivity contribution in [1.82, 2.24) is 0 Å². The van der Waals surface area contributed by atoms with E-state index in [-0.39, 0.29) is 38.6 Å². The number of amides is 1. The van der Waals surface area contributed by atoms with E-state index in [2.05, 4.69) is 5.32 Å². The van der Waals surface area contributed by atoms with Crippen LogP contribution in [0.4, 0.5) is 11.4 Å². The van der Waals surface area contributed by atoms with Crippen molar-refractivity contribution in [2.45, 2.75) is 30.2 Å². The highest BCUT2D eigenvalue weighted by Gasteiger charge is 2.41. The number of rotatable bonds is 9. The molecule has 38 heavy (non-hydrogen) atoms. The van der Waals surface area contributed by atoms with Crippen LogP contribution in [0.5, 0.6) is 0 Å². The molecule has 0 unspecified atom stereocenters. The number of hydrogen-bond acceptors (Lipinski definition) is 6. The predicted molar refractivity (Wildman–Crippen MR) is 148 cm³/mol. The smallest absolute Gasteiger partial charge is 0.265 e. The molecule has 0 aromatic heterocycles. The molecule has 1 aliphatic rings. The molecule has 0 fully saturated rings. The Hall–Kier alpha value is -3.10. The number of anilines is 2. The molecule has 198 valence electrons. The first-order valence-electron chi connectivity index (χ1n) is 11.6. The van der Waals surface area contributed by atoms with Gasteiger partial charge in [0.25, 0.3) is 10.0 Å². The van der Waals surface area contributed by atoms with Crippen LogP contribution in [-0.2, 0) is 31.1 Å². The minimum Gasteiger partial charge on any atom is -0.322 e. The van der Waals surface area contributed by atoms with Gasteiger partial charge in [0.05, 0.1) is 49.5 Å². The standard InChI is InChI=1S/C26H23Cl2N3O5S2/c27-21-12-11-20(16-22(21)28)38(35,36)31-24-6-2-1-5-23(24)30-26(32)25(31)13-15-37(33,34)14-3-4-18-7-9-19(17-29)10-8-18/h1-2,5-12,16,25H,3-4,13-15H2,(H,30,32)/t25-/m1/s1. The Labute approximate surface area is 231 Å². The fourth-order valence-corrected chi connectivity index (χ4v) is 7.62. The third-order valence-electron chi connectivity index (χ3n) is 6.14. The molecule has 1 N–H and O–H groups in total.